The quantitative estimate of drug-likeness (QED) is 0.914. The van der Waals surface area contributed by atoms with Gasteiger partial charge in [0.15, 0.2) is 0 Å². The molecule has 1 unspecified atom stereocenters. The van der Waals surface area contributed by atoms with E-state index < -0.39 is 0 Å². The van der Waals surface area contributed by atoms with Gasteiger partial charge in [0.2, 0.25) is 0 Å². The molecule has 0 amide bonds. The summed E-state index contributed by atoms with van der Waals surface area (Å²) in [5, 5.41) is 3.39. The van der Waals surface area contributed by atoms with Crippen molar-refractivity contribution in [3.63, 3.8) is 0 Å². The highest BCUT2D eigenvalue weighted by molar-refractivity contribution is 9.10. The van der Waals surface area contributed by atoms with Gasteiger partial charge in [-0.15, -0.1) is 0 Å². The van der Waals surface area contributed by atoms with Crippen molar-refractivity contribution in [2.45, 2.75) is 25.8 Å². The molecule has 0 radical (unpaired) electrons. The van der Waals surface area contributed by atoms with Gasteiger partial charge in [0.1, 0.15) is 5.82 Å². The predicted octanol–water partition coefficient (Wildman–Crippen LogP) is 3.38. The number of halogens is 1. The maximum Gasteiger partial charge on any atom is 0.108 e. The summed E-state index contributed by atoms with van der Waals surface area (Å²) in [7, 11) is 4.05. The maximum atomic E-state index is 4.37. The van der Waals surface area contributed by atoms with Crippen molar-refractivity contribution in [3.8, 4) is 0 Å². The minimum atomic E-state index is 0.355. The zero-order valence-electron chi connectivity index (χ0n) is 11.7. The Morgan fingerprint density at radius 1 is 1.42 bits per heavy atom. The summed E-state index contributed by atoms with van der Waals surface area (Å²) < 4.78 is 3.25. The van der Waals surface area contributed by atoms with Crippen molar-refractivity contribution in [3.05, 3.63) is 52.0 Å². The Kier molecular flexibility index (Phi) is 4.77. The first kappa shape index (κ1) is 14.3. The molecule has 2 aromatic rings. The zero-order chi connectivity index (χ0) is 13.8. The number of nitrogens with one attached hydrogen (secondary N) is 1. The summed E-state index contributed by atoms with van der Waals surface area (Å²) in [6.45, 7) is 2.11. The summed E-state index contributed by atoms with van der Waals surface area (Å²) in [4.78, 5) is 4.37. The molecule has 3 nitrogen and oxygen atoms in total. The second-order valence-corrected chi connectivity index (χ2v) is 5.70. The lowest BCUT2D eigenvalue weighted by molar-refractivity contribution is 0.535. The van der Waals surface area contributed by atoms with Crippen LogP contribution < -0.4 is 5.32 Å². The van der Waals surface area contributed by atoms with E-state index in [-0.39, 0.29) is 0 Å². The molecule has 0 aliphatic rings. The largest absolute Gasteiger partial charge is 0.338 e. The molecule has 0 bridgehead atoms. The van der Waals surface area contributed by atoms with Gasteiger partial charge in [-0.1, -0.05) is 28.1 Å². The van der Waals surface area contributed by atoms with Crippen LogP contribution in [-0.4, -0.2) is 16.6 Å². The smallest absolute Gasteiger partial charge is 0.108 e. The van der Waals surface area contributed by atoms with Crippen molar-refractivity contribution in [2.24, 2.45) is 7.05 Å². The number of aryl methyl sites for hydroxylation is 3. The summed E-state index contributed by atoms with van der Waals surface area (Å²) in [5.41, 5.74) is 2.58. The average Bonchev–Trinajstić information content (AvgIpc) is 2.80. The fourth-order valence-electron chi connectivity index (χ4n) is 2.21. The van der Waals surface area contributed by atoms with E-state index in [1.807, 2.05) is 26.5 Å². The Bertz CT molecular complexity index is 548. The molecule has 19 heavy (non-hydrogen) atoms. The van der Waals surface area contributed by atoms with Crippen LogP contribution in [0.4, 0.5) is 0 Å². The molecule has 102 valence electrons. The normalized spacial score (nSPS) is 12.6. The number of imidazole rings is 1. The summed E-state index contributed by atoms with van der Waals surface area (Å²) in [6.07, 6.45) is 5.86. The molecule has 2 rings (SSSR count). The van der Waals surface area contributed by atoms with Gasteiger partial charge >= 0.3 is 0 Å². The number of hydrogen-bond donors (Lipinski definition) is 1. The van der Waals surface area contributed by atoms with Gasteiger partial charge in [-0.25, -0.2) is 4.98 Å². The SMILES string of the molecule is CNC(CCc1nccn1C)c1ccc(C)c(Br)c1. The lowest BCUT2D eigenvalue weighted by Gasteiger charge is -2.17. The molecular weight excluding hydrogens is 302 g/mol. The van der Waals surface area contributed by atoms with Crippen molar-refractivity contribution in [2.75, 3.05) is 7.05 Å². The van der Waals surface area contributed by atoms with Crippen molar-refractivity contribution in [1.29, 1.82) is 0 Å². The fourth-order valence-corrected chi connectivity index (χ4v) is 2.61. The number of hydrogen-bond acceptors (Lipinski definition) is 2. The van der Waals surface area contributed by atoms with Crippen LogP contribution in [0.25, 0.3) is 0 Å². The second kappa shape index (κ2) is 6.35. The van der Waals surface area contributed by atoms with Gasteiger partial charge in [0.05, 0.1) is 0 Å². The molecule has 0 saturated heterocycles. The highest BCUT2D eigenvalue weighted by Crippen LogP contribution is 2.24. The topological polar surface area (TPSA) is 29.9 Å². The minimum absolute atomic E-state index is 0.355. The number of benzene rings is 1. The molecule has 4 heteroatoms. The van der Waals surface area contributed by atoms with Gasteiger partial charge in [0.25, 0.3) is 0 Å². The van der Waals surface area contributed by atoms with Gasteiger partial charge in [-0.3, -0.25) is 0 Å². The molecule has 1 aromatic heterocycles. The molecule has 0 saturated carbocycles. The number of nitrogens with zero attached hydrogens (tertiary/aromatic N) is 2. The third-order valence-electron chi connectivity index (χ3n) is 3.52. The van der Waals surface area contributed by atoms with Crippen LogP contribution in [0.5, 0.6) is 0 Å². The molecule has 1 atom stereocenters. The standard InChI is InChI=1S/C15H20BrN3/c1-11-4-5-12(10-13(11)16)14(17-2)6-7-15-18-8-9-19(15)3/h4-5,8-10,14,17H,6-7H2,1-3H3. The molecule has 1 N–H and O–H groups in total. The van der Waals surface area contributed by atoms with E-state index in [0.717, 1.165) is 18.7 Å². The van der Waals surface area contributed by atoms with Gasteiger partial charge < -0.3 is 9.88 Å². The van der Waals surface area contributed by atoms with Crippen LogP contribution in [0, 0.1) is 6.92 Å². The van der Waals surface area contributed by atoms with Crippen LogP contribution in [-0.2, 0) is 13.5 Å². The molecule has 1 aromatic carbocycles. The first-order valence-electron chi connectivity index (χ1n) is 6.51. The van der Waals surface area contributed by atoms with Crippen LogP contribution in [0.15, 0.2) is 35.1 Å². The maximum absolute atomic E-state index is 4.37. The predicted molar refractivity (Wildman–Crippen MR) is 82.2 cm³/mol. The van der Waals surface area contributed by atoms with Crippen LogP contribution >= 0.6 is 15.9 Å². The Labute approximate surface area is 123 Å². The van der Waals surface area contributed by atoms with E-state index in [1.54, 1.807) is 0 Å². The van der Waals surface area contributed by atoms with E-state index in [4.69, 9.17) is 0 Å². The van der Waals surface area contributed by atoms with E-state index in [2.05, 4.69) is 55.9 Å². The second-order valence-electron chi connectivity index (χ2n) is 4.84. The zero-order valence-corrected chi connectivity index (χ0v) is 13.2. The third kappa shape index (κ3) is 3.45. The number of rotatable bonds is 5. The Morgan fingerprint density at radius 2 is 2.21 bits per heavy atom. The molecule has 0 aliphatic heterocycles. The lowest BCUT2D eigenvalue weighted by atomic mass is 10.0. The Morgan fingerprint density at radius 3 is 2.79 bits per heavy atom. The van der Waals surface area contributed by atoms with E-state index >= 15 is 0 Å². The fraction of sp³-hybridized carbons (Fsp3) is 0.400. The Hall–Kier alpha value is -1.13. The summed E-state index contributed by atoms with van der Waals surface area (Å²) >= 11 is 3.60. The number of aromatic nitrogens is 2. The molecule has 1 heterocycles. The van der Waals surface area contributed by atoms with Gasteiger partial charge in [-0.05, 0) is 37.6 Å². The van der Waals surface area contributed by atoms with Crippen molar-refractivity contribution < 1.29 is 0 Å². The monoisotopic (exact) mass is 321 g/mol. The molecular formula is C15H20BrN3. The van der Waals surface area contributed by atoms with E-state index in [1.165, 1.54) is 15.6 Å². The van der Waals surface area contributed by atoms with Crippen molar-refractivity contribution in [1.82, 2.24) is 14.9 Å². The summed E-state index contributed by atoms with van der Waals surface area (Å²) in [6, 6.07) is 6.91. The highest BCUT2D eigenvalue weighted by atomic mass is 79.9. The van der Waals surface area contributed by atoms with Crippen LogP contribution in [0.2, 0.25) is 0 Å². The highest BCUT2D eigenvalue weighted by Gasteiger charge is 2.11. The minimum Gasteiger partial charge on any atom is -0.338 e. The first-order valence-corrected chi connectivity index (χ1v) is 7.30. The average molecular weight is 322 g/mol. The van der Waals surface area contributed by atoms with E-state index in [0.29, 0.717) is 6.04 Å². The van der Waals surface area contributed by atoms with Crippen LogP contribution in [0.1, 0.15) is 29.4 Å². The lowest BCUT2D eigenvalue weighted by Crippen LogP contribution is -2.18. The third-order valence-corrected chi connectivity index (χ3v) is 4.38. The van der Waals surface area contributed by atoms with Crippen LogP contribution in [0.3, 0.4) is 0 Å². The van der Waals surface area contributed by atoms with Gasteiger partial charge in [-0.2, -0.15) is 0 Å². The van der Waals surface area contributed by atoms with Gasteiger partial charge in [0, 0.05) is 36.4 Å². The first-order chi connectivity index (χ1) is 9.11. The molecule has 0 fully saturated rings. The molecule has 0 aliphatic carbocycles. The van der Waals surface area contributed by atoms with E-state index in [9.17, 15) is 0 Å². The van der Waals surface area contributed by atoms with Crippen molar-refractivity contribution >= 4 is 15.9 Å². The summed E-state index contributed by atoms with van der Waals surface area (Å²) in [5.74, 6) is 1.13. The molecule has 0 spiro atoms. The Balaban J connectivity index is 2.07.